The molecule has 0 aliphatic carbocycles. The minimum absolute atomic E-state index is 0.0385. The molecule has 88 valence electrons. The summed E-state index contributed by atoms with van der Waals surface area (Å²) < 4.78 is 22.4. The number of amides is 1. The van der Waals surface area contributed by atoms with Gasteiger partial charge in [-0.1, -0.05) is 0 Å². The van der Waals surface area contributed by atoms with E-state index in [9.17, 15) is 13.2 Å². The highest BCUT2D eigenvalue weighted by Crippen LogP contribution is 2.21. The van der Waals surface area contributed by atoms with Gasteiger partial charge >= 0.3 is 0 Å². The molecular weight excluding hydrogens is 248 g/mol. The van der Waals surface area contributed by atoms with Crippen LogP contribution in [0.1, 0.15) is 12.1 Å². The summed E-state index contributed by atoms with van der Waals surface area (Å²) in [7, 11) is -3.01. The number of rotatable bonds is 2. The zero-order valence-corrected chi connectivity index (χ0v) is 10.4. The molecule has 0 aromatic carbocycles. The fourth-order valence-corrected chi connectivity index (χ4v) is 4.05. The van der Waals surface area contributed by atoms with Gasteiger partial charge in [0.15, 0.2) is 15.0 Å². The third-order valence-electron chi connectivity index (χ3n) is 2.45. The van der Waals surface area contributed by atoms with E-state index in [-0.39, 0.29) is 17.4 Å². The molecule has 1 unspecified atom stereocenters. The highest BCUT2D eigenvalue weighted by Gasteiger charge is 2.33. The molecule has 1 aromatic rings. The normalized spacial score (nSPS) is 23.2. The molecule has 16 heavy (non-hydrogen) atoms. The second-order valence-electron chi connectivity index (χ2n) is 3.88. The average Bonchev–Trinajstić information content (AvgIpc) is 2.72. The number of anilines is 1. The Kier molecular flexibility index (Phi) is 2.98. The summed E-state index contributed by atoms with van der Waals surface area (Å²) in [4.78, 5) is 15.8. The van der Waals surface area contributed by atoms with E-state index in [0.29, 0.717) is 11.6 Å². The Labute approximate surface area is 97.8 Å². The topological polar surface area (TPSA) is 76.1 Å². The van der Waals surface area contributed by atoms with Gasteiger partial charge in [0.2, 0.25) is 5.91 Å². The number of aryl methyl sites for hydroxylation is 1. The van der Waals surface area contributed by atoms with E-state index in [0.717, 1.165) is 5.69 Å². The highest BCUT2D eigenvalue weighted by atomic mass is 32.2. The third kappa shape index (κ3) is 2.59. The number of hydrogen-bond donors (Lipinski definition) is 1. The fourth-order valence-electron chi connectivity index (χ4n) is 1.62. The Hall–Kier alpha value is -0.950. The summed E-state index contributed by atoms with van der Waals surface area (Å²) in [5.41, 5.74) is 0.847. The molecular formula is C9H12N2O3S2. The summed E-state index contributed by atoms with van der Waals surface area (Å²) in [5.74, 6) is -0.588. The van der Waals surface area contributed by atoms with Gasteiger partial charge in [-0.05, 0) is 13.3 Å². The van der Waals surface area contributed by atoms with Crippen molar-refractivity contribution in [2.24, 2.45) is 5.92 Å². The minimum atomic E-state index is -3.01. The van der Waals surface area contributed by atoms with Gasteiger partial charge in [0, 0.05) is 5.38 Å². The molecule has 2 heterocycles. The quantitative estimate of drug-likeness (QED) is 0.854. The molecule has 1 amide bonds. The average molecular weight is 260 g/mol. The second kappa shape index (κ2) is 4.14. The van der Waals surface area contributed by atoms with Crippen LogP contribution in [-0.2, 0) is 14.6 Å². The first-order valence-corrected chi connectivity index (χ1v) is 7.60. The van der Waals surface area contributed by atoms with Crippen molar-refractivity contribution < 1.29 is 13.2 Å². The van der Waals surface area contributed by atoms with Crippen molar-refractivity contribution in [2.45, 2.75) is 13.3 Å². The lowest BCUT2D eigenvalue weighted by Gasteiger charge is -2.06. The summed E-state index contributed by atoms with van der Waals surface area (Å²) in [6.07, 6.45) is 0.415. The standard InChI is InChI=1S/C9H12N2O3S2/c1-6-4-15-9(10-6)11-8(12)7-2-3-16(13,14)5-7/h4,7H,2-3,5H2,1H3,(H,10,11,12). The second-order valence-corrected chi connectivity index (χ2v) is 6.97. The predicted octanol–water partition coefficient (Wildman–Crippen LogP) is 0.825. The summed E-state index contributed by atoms with van der Waals surface area (Å²) >= 11 is 1.34. The molecule has 0 spiro atoms. The number of carbonyl (C=O) groups excluding carboxylic acids is 1. The number of thiazole rings is 1. The van der Waals surface area contributed by atoms with Crippen LogP contribution >= 0.6 is 11.3 Å². The van der Waals surface area contributed by atoms with Gasteiger partial charge < -0.3 is 5.32 Å². The molecule has 1 aliphatic rings. The maximum Gasteiger partial charge on any atom is 0.230 e. The molecule has 5 nitrogen and oxygen atoms in total. The Morgan fingerprint density at radius 3 is 2.88 bits per heavy atom. The monoisotopic (exact) mass is 260 g/mol. The number of carbonyl (C=O) groups is 1. The first kappa shape index (κ1) is 11.5. The zero-order chi connectivity index (χ0) is 11.8. The van der Waals surface area contributed by atoms with Crippen molar-refractivity contribution in [3.05, 3.63) is 11.1 Å². The van der Waals surface area contributed by atoms with E-state index in [1.165, 1.54) is 11.3 Å². The van der Waals surface area contributed by atoms with Gasteiger partial charge in [-0.2, -0.15) is 0 Å². The van der Waals surface area contributed by atoms with Crippen LogP contribution in [0.15, 0.2) is 5.38 Å². The van der Waals surface area contributed by atoms with E-state index in [1.54, 1.807) is 0 Å². The zero-order valence-electron chi connectivity index (χ0n) is 8.76. The third-order valence-corrected chi connectivity index (χ3v) is 5.10. The molecule has 0 saturated carbocycles. The van der Waals surface area contributed by atoms with Crippen LogP contribution in [0.4, 0.5) is 5.13 Å². The van der Waals surface area contributed by atoms with Crippen LogP contribution in [0.25, 0.3) is 0 Å². The number of sulfone groups is 1. The molecule has 1 N–H and O–H groups in total. The Morgan fingerprint density at radius 1 is 1.62 bits per heavy atom. The van der Waals surface area contributed by atoms with E-state index in [2.05, 4.69) is 10.3 Å². The molecule has 0 bridgehead atoms. The van der Waals surface area contributed by atoms with Crippen LogP contribution in [0.3, 0.4) is 0 Å². The highest BCUT2D eigenvalue weighted by molar-refractivity contribution is 7.91. The Morgan fingerprint density at radius 2 is 2.38 bits per heavy atom. The Bertz CT molecular complexity index is 507. The number of hydrogen-bond acceptors (Lipinski definition) is 5. The lowest BCUT2D eigenvalue weighted by atomic mass is 10.1. The lowest BCUT2D eigenvalue weighted by Crippen LogP contribution is -2.23. The summed E-state index contributed by atoms with van der Waals surface area (Å²) in [6.45, 7) is 1.84. The van der Waals surface area contributed by atoms with Crippen LogP contribution < -0.4 is 5.32 Å². The van der Waals surface area contributed by atoms with Gasteiger partial charge in [-0.15, -0.1) is 11.3 Å². The molecule has 7 heteroatoms. The fraction of sp³-hybridized carbons (Fsp3) is 0.556. The molecule has 1 saturated heterocycles. The van der Waals surface area contributed by atoms with Crippen molar-refractivity contribution >= 4 is 32.2 Å². The SMILES string of the molecule is Cc1csc(NC(=O)C2CCS(=O)(=O)C2)n1. The lowest BCUT2D eigenvalue weighted by molar-refractivity contribution is -0.119. The van der Waals surface area contributed by atoms with Crippen molar-refractivity contribution in [1.29, 1.82) is 0 Å². The maximum atomic E-state index is 11.7. The summed E-state index contributed by atoms with van der Waals surface area (Å²) in [6, 6.07) is 0. The number of nitrogens with one attached hydrogen (secondary N) is 1. The molecule has 1 atom stereocenters. The van der Waals surface area contributed by atoms with E-state index in [1.807, 2.05) is 12.3 Å². The molecule has 0 radical (unpaired) electrons. The van der Waals surface area contributed by atoms with E-state index in [4.69, 9.17) is 0 Å². The maximum absolute atomic E-state index is 11.7. The molecule has 2 rings (SSSR count). The van der Waals surface area contributed by atoms with Gasteiger partial charge in [-0.25, -0.2) is 13.4 Å². The first-order chi connectivity index (χ1) is 7.46. The van der Waals surface area contributed by atoms with Crippen LogP contribution in [0.2, 0.25) is 0 Å². The predicted molar refractivity (Wildman–Crippen MR) is 62.2 cm³/mol. The van der Waals surface area contributed by atoms with Crippen molar-refractivity contribution in [3.63, 3.8) is 0 Å². The summed E-state index contributed by atoms with van der Waals surface area (Å²) in [5, 5.41) is 5.01. The molecule has 1 aliphatic heterocycles. The van der Waals surface area contributed by atoms with Crippen LogP contribution in [0, 0.1) is 12.8 Å². The van der Waals surface area contributed by atoms with Gasteiger partial charge in [0.05, 0.1) is 23.1 Å². The van der Waals surface area contributed by atoms with E-state index < -0.39 is 15.8 Å². The Balaban J connectivity index is 1.99. The van der Waals surface area contributed by atoms with Crippen molar-refractivity contribution in [2.75, 3.05) is 16.8 Å². The van der Waals surface area contributed by atoms with Gasteiger partial charge in [-0.3, -0.25) is 4.79 Å². The van der Waals surface area contributed by atoms with Crippen LogP contribution in [0.5, 0.6) is 0 Å². The van der Waals surface area contributed by atoms with Crippen molar-refractivity contribution in [1.82, 2.24) is 4.98 Å². The molecule has 1 fully saturated rings. The van der Waals surface area contributed by atoms with Crippen LogP contribution in [-0.4, -0.2) is 30.8 Å². The van der Waals surface area contributed by atoms with Crippen molar-refractivity contribution in [3.8, 4) is 0 Å². The molecule has 1 aromatic heterocycles. The smallest absolute Gasteiger partial charge is 0.230 e. The largest absolute Gasteiger partial charge is 0.302 e. The number of nitrogens with zero attached hydrogens (tertiary/aromatic N) is 1. The van der Waals surface area contributed by atoms with E-state index >= 15 is 0 Å². The first-order valence-electron chi connectivity index (χ1n) is 4.90. The van der Waals surface area contributed by atoms with Gasteiger partial charge in [0.1, 0.15) is 0 Å². The number of aromatic nitrogens is 1. The van der Waals surface area contributed by atoms with Gasteiger partial charge in [0.25, 0.3) is 0 Å². The minimum Gasteiger partial charge on any atom is -0.302 e.